The number of rotatable bonds is 2. The summed E-state index contributed by atoms with van der Waals surface area (Å²) in [5.41, 5.74) is 6.57. The van der Waals surface area contributed by atoms with Crippen molar-refractivity contribution in [2.45, 2.75) is 12.8 Å². The highest BCUT2D eigenvalue weighted by molar-refractivity contribution is 9.10. The number of phenolic OH excluding ortho intramolecular Hbond substituents is 1. The summed E-state index contributed by atoms with van der Waals surface area (Å²) >= 11 is 3.41. The molecule has 0 bridgehead atoms. The lowest BCUT2D eigenvalue weighted by atomic mass is 10.0. The lowest BCUT2D eigenvalue weighted by molar-refractivity contribution is 0.473. The zero-order chi connectivity index (χ0) is 9.14. The van der Waals surface area contributed by atoms with E-state index in [1.165, 1.54) is 0 Å². The number of hydrogen-bond donors (Lipinski definition) is 2. The molecular weight excluding hydrogens is 218 g/mol. The van der Waals surface area contributed by atoms with Gasteiger partial charge in [0.1, 0.15) is 5.75 Å². The number of hydrogen-bond acceptors (Lipinski definition) is 2. The zero-order valence-corrected chi connectivity index (χ0v) is 8.51. The van der Waals surface area contributed by atoms with Gasteiger partial charge in [0.25, 0.3) is 0 Å². The van der Waals surface area contributed by atoms with E-state index in [1.54, 1.807) is 12.1 Å². The van der Waals surface area contributed by atoms with Crippen molar-refractivity contribution >= 4 is 15.9 Å². The van der Waals surface area contributed by atoms with E-state index in [4.69, 9.17) is 5.73 Å². The highest BCUT2D eigenvalue weighted by Crippen LogP contribution is 2.27. The van der Waals surface area contributed by atoms with Gasteiger partial charge in [-0.05, 0) is 36.2 Å². The van der Waals surface area contributed by atoms with E-state index in [0.29, 0.717) is 6.54 Å². The maximum absolute atomic E-state index is 9.22. The van der Waals surface area contributed by atoms with Crippen LogP contribution in [0.1, 0.15) is 18.4 Å². The van der Waals surface area contributed by atoms with Crippen LogP contribution >= 0.6 is 15.9 Å². The molecule has 66 valence electrons. The molecule has 1 rings (SSSR count). The Morgan fingerprint density at radius 2 is 2.25 bits per heavy atom. The van der Waals surface area contributed by atoms with E-state index < -0.39 is 0 Å². The fraction of sp³-hybridized carbons (Fsp3) is 0.333. The molecule has 0 aliphatic rings. The molecule has 3 N–H and O–H groups in total. The first kappa shape index (κ1) is 9.55. The van der Waals surface area contributed by atoms with E-state index in [0.717, 1.165) is 10.0 Å². The Morgan fingerprint density at radius 1 is 1.58 bits per heavy atom. The van der Waals surface area contributed by atoms with Gasteiger partial charge in [0, 0.05) is 4.47 Å². The van der Waals surface area contributed by atoms with Crippen LogP contribution in [0.25, 0.3) is 0 Å². The van der Waals surface area contributed by atoms with Gasteiger partial charge in [-0.25, -0.2) is 0 Å². The van der Waals surface area contributed by atoms with Gasteiger partial charge in [0.15, 0.2) is 0 Å². The third-order valence-corrected chi connectivity index (χ3v) is 2.59. The van der Waals surface area contributed by atoms with Crippen molar-refractivity contribution in [1.29, 1.82) is 0 Å². The van der Waals surface area contributed by atoms with E-state index in [2.05, 4.69) is 15.9 Å². The van der Waals surface area contributed by atoms with Gasteiger partial charge in [0.2, 0.25) is 0 Å². The molecule has 0 radical (unpaired) electrons. The Labute approximate surface area is 80.5 Å². The summed E-state index contributed by atoms with van der Waals surface area (Å²) in [6.07, 6.45) is 0. The maximum Gasteiger partial charge on any atom is 0.115 e. The minimum atomic E-state index is 0.270. The summed E-state index contributed by atoms with van der Waals surface area (Å²) in [7, 11) is 0. The number of phenols is 1. The topological polar surface area (TPSA) is 46.2 Å². The van der Waals surface area contributed by atoms with Gasteiger partial charge < -0.3 is 10.8 Å². The zero-order valence-electron chi connectivity index (χ0n) is 6.92. The third-order valence-electron chi connectivity index (χ3n) is 1.86. The van der Waals surface area contributed by atoms with Gasteiger partial charge in [-0.3, -0.25) is 0 Å². The largest absolute Gasteiger partial charge is 0.508 e. The summed E-state index contributed by atoms with van der Waals surface area (Å²) in [5, 5.41) is 9.22. The van der Waals surface area contributed by atoms with Gasteiger partial charge in [-0.15, -0.1) is 0 Å². The van der Waals surface area contributed by atoms with E-state index in [9.17, 15) is 5.11 Å². The Hall–Kier alpha value is -0.540. The minimum Gasteiger partial charge on any atom is -0.508 e. The third kappa shape index (κ3) is 1.99. The molecule has 1 atom stereocenters. The number of halogens is 1. The summed E-state index contributed by atoms with van der Waals surface area (Å²) in [5.74, 6) is 0.556. The molecular formula is C9H12BrNO. The van der Waals surface area contributed by atoms with Crippen molar-refractivity contribution in [2.24, 2.45) is 5.73 Å². The predicted octanol–water partition coefficient (Wildman–Crippen LogP) is 2.22. The standard InChI is InChI=1S/C9H12BrNO/c1-6(5-11)8-4-7(12)2-3-9(8)10/h2-4,6,12H,5,11H2,1H3. The molecule has 0 amide bonds. The van der Waals surface area contributed by atoms with Crippen LogP contribution in [0.2, 0.25) is 0 Å². The average Bonchev–Trinajstić information content (AvgIpc) is 2.08. The van der Waals surface area contributed by atoms with Crippen molar-refractivity contribution in [3.8, 4) is 5.75 Å². The first-order valence-electron chi connectivity index (χ1n) is 3.83. The lowest BCUT2D eigenvalue weighted by Crippen LogP contribution is -2.09. The molecule has 1 aromatic carbocycles. The molecule has 0 heterocycles. The van der Waals surface area contributed by atoms with E-state index in [1.807, 2.05) is 13.0 Å². The summed E-state index contributed by atoms with van der Waals surface area (Å²) < 4.78 is 0.998. The van der Waals surface area contributed by atoms with Gasteiger partial charge in [0.05, 0.1) is 0 Å². The minimum absolute atomic E-state index is 0.270. The number of nitrogens with two attached hydrogens (primary N) is 1. The molecule has 0 aliphatic heterocycles. The normalized spacial score (nSPS) is 12.9. The van der Waals surface area contributed by atoms with Crippen molar-refractivity contribution in [3.05, 3.63) is 28.2 Å². The van der Waals surface area contributed by atoms with E-state index in [-0.39, 0.29) is 11.7 Å². The van der Waals surface area contributed by atoms with Crippen LogP contribution in [0, 0.1) is 0 Å². The van der Waals surface area contributed by atoms with Crippen LogP contribution in [0.15, 0.2) is 22.7 Å². The molecule has 3 heteroatoms. The fourth-order valence-electron chi connectivity index (χ4n) is 1.04. The smallest absolute Gasteiger partial charge is 0.115 e. The van der Waals surface area contributed by atoms with Gasteiger partial charge in [-0.2, -0.15) is 0 Å². The van der Waals surface area contributed by atoms with Crippen LogP contribution < -0.4 is 5.73 Å². The van der Waals surface area contributed by atoms with Gasteiger partial charge in [-0.1, -0.05) is 22.9 Å². The molecule has 0 aromatic heterocycles. The van der Waals surface area contributed by atoms with Crippen LogP contribution in [-0.4, -0.2) is 11.7 Å². The van der Waals surface area contributed by atoms with Crippen LogP contribution in [0.3, 0.4) is 0 Å². The van der Waals surface area contributed by atoms with Crippen LogP contribution in [-0.2, 0) is 0 Å². The van der Waals surface area contributed by atoms with Crippen LogP contribution in [0.4, 0.5) is 0 Å². The molecule has 0 saturated heterocycles. The second kappa shape index (κ2) is 3.92. The van der Waals surface area contributed by atoms with Gasteiger partial charge >= 0.3 is 0 Å². The fourth-order valence-corrected chi connectivity index (χ4v) is 1.67. The summed E-state index contributed by atoms with van der Waals surface area (Å²) in [6.45, 7) is 2.61. The second-order valence-electron chi connectivity index (χ2n) is 2.84. The predicted molar refractivity (Wildman–Crippen MR) is 53.3 cm³/mol. The van der Waals surface area contributed by atoms with Crippen molar-refractivity contribution in [2.75, 3.05) is 6.54 Å². The summed E-state index contributed by atoms with van der Waals surface area (Å²) in [4.78, 5) is 0. The SMILES string of the molecule is CC(CN)c1cc(O)ccc1Br. The monoisotopic (exact) mass is 229 g/mol. The molecule has 0 aliphatic carbocycles. The Bertz CT molecular complexity index is 275. The molecule has 12 heavy (non-hydrogen) atoms. The van der Waals surface area contributed by atoms with Crippen molar-refractivity contribution < 1.29 is 5.11 Å². The molecule has 0 saturated carbocycles. The first-order valence-corrected chi connectivity index (χ1v) is 4.63. The maximum atomic E-state index is 9.22. The highest BCUT2D eigenvalue weighted by atomic mass is 79.9. The van der Waals surface area contributed by atoms with Crippen LogP contribution in [0.5, 0.6) is 5.75 Å². The average molecular weight is 230 g/mol. The molecule has 1 unspecified atom stereocenters. The lowest BCUT2D eigenvalue weighted by Gasteiger charge is -2.11. The second-order valence-corrected chi connectivity index (χ2v) is 3.70. The molecule has 1 aromatic rings. The molecule has 0 fully saturated rings. The number of aromatic hydroxyl groups is 1. The molecule has 2 nitrogen and oxygen atoms in total. The van der Waals surface area contributed by atoms with Crippen molar-refractivity contribution in [3.63, 3.8) is 0 Å². The Balaban J connectivity index is 3.04. The first-order chi connectivity index (χ1) is 5.65. The summed E-state index contributed by atoms with van der Waals surface area (Å²) in [6, 6.07) is 5.22. The Morgan fingerprint density at radius 3 is 2.83 bits per heavy atom. The molecule has 0 spiro atoms. The number of benzene rings is 1. The Kier molecular flexibility index (Phi) is 3.12. The highest BCUT2D eigenvalue weighted by Gasteiger charge is 2.07. The van der Waals surface area contributed by atoms with E-state index >= 15 is 0 Å². The van der Waals surface area contributed by atoms with Crippen molar-refractivity contribution in [1.82, 2.24) is 0 Å². The quantitative estimate of drug-likeness (QED) is 0.818.